The summed E-state index contributed by atoms with van der Waals surface area (Å²) in [5, 5.41) is 4.75. The molecule has 0 bridgehead atoms. The van der Waals surface area contributed by atoms with Gasteiger partial charge in [-0.05, 0) is 18.6 Å². The lowest BCUT2D eigenvalue weighted by Gasteiger charge is -2.07. The summed E-state index contributed by atoms with van der Waals surface area (Å²) in [6, 6.07) is 20.4. The molecule has 0 atom stereocenters. The Labute approximate surface area is 133 Å². The van der Waals surface area contributed by atoms with Gasteiger partial charge in [-0.2, -0.15) is 0 Å². The third-order valence-corrected chi connectivity index (χ3v) is 3.91. The minimum absolute atomic E-state index is 0.293. The molecule has 4 rings (SSSR count). The smallest absolute Gasteiger partial charge is 0.232 e. The molecule has 2 N–H and O–H groups in total. The van der Waals surface area contributed by atoms with E-state index in [2.05, 4.69) is 41.3 Å². The lowest BCUT2D eigenvalue weighted by Crippen LogP contribution is -1.91. The molecule has 4 aromatic rings. The summed E-state index contributed by atoms with van der Waals surface area (Å²) in [4.78, 5) is 4.60. The maximum Gasteiger partial charge on any atom is 0.232 e. The first-order chi connectivity index (χ1) is 11.2. The summed E-state index contributed by atoms with van der Waals surface area (Å²) in [7, 11) is 0. The van der Waals surface area contributed by atoms with Gasteiger partial charge in [-0.3, -0.25) is 0 Å². The van der Waals surface area contributed by atoms with Crippen molar-refractivity contribution in [2.75, 3.05) is 5.73 Å². The quantitative estimate of drug-likeness (QED) is 0.594. The molecule has 0 aliphatic rings. The number of pyridine rings is 1. The van der Waals surface area contributed by atoms with E-state index in [0.29, 0.717) is 11.5 Å². The number of anilines is 1. The van der Waals surface area contributed by atoms with Crippen molar-refractivity contribution in [3.63, 3.8) is 0 Å². The van der Waals surface area contributed by atoms with Gasteiger partial charge in [0.15, 0.2) is 0 Å². The van der Waals surface area contributed by atoms with E-state index in [0.717, 1.165) is 27.8 Å². The van der Waals surface area contributed by atoms with Crippen LogP contribution in [0.25, 0.3) is 33.4 Å². The lowest BCUT2D eigenvalue weighted by molar-refractivity contribution is 0.443. The van der Waals surface area contributed by atoms with Crippen LogP contribution in [0.5, 0.6) is 0 Å². The van der Waals surface area contributed by atoms with E-state index in [1.807, 2.05) is 36.4 Å². The highest BCUT2D eigenvalue weighted by Crippen LogP contribution is 2.34. The molecular formula is C19H15N3O. The maximum atomic E-state index is 5.95. The van der Waals surface area contributed by atoms with Crippen LogP contribution in [0.15, 0.2) is 65.2 Å². The summed E-state index contributed by atoms with van der Waals surface area (Å²) in [6.45, 7) is 2.06. The Morgan fingerprint density at radius 2 is 1.65 bits per heavy atom. The Bertz CT molecular complexity index is 973. The fourth-order valence-corrected chi connectivity index (χ4v) is 2.70. The number of benzene rings is 2. The number of hydrogen-bond donors (Lipinski definition) is 1. The SMILES string of the molecule is Cc1ccc(-c2cc(-c3ccccc3)c3c(N)onc3n2)cc1. The van der Waals surface area contributed by atoms with E-state index < -0.39 is 0 Å². The second-order valence-corrected chi connectivity index (χ2v) is 5.53. The average molecular weight is 301 g/mol. The zero-order valence-electron chi connectivity index (χ0n) is 12.7. The second kappa shape index (κ2) is 5.25. The normalized spacial score (nSPS) is 11.0. The van der Waals surface area contributed by atoms with E-state index in [1.54, 1.807) is 0 Å². The van der Waals surface area contributed by atoms with Crippen molar-refractivity contribution in [3.8, 4) is 22.4 Å². The van der Waals surface area contributed by atoms with E-state index in [1.165, 1.54) is 5.56 Å². The van der Waals surface area contributed by atoms with Crippen molar-refractivity contribution in [3.05, 3.63) is 66.2 Å². The Morgan fingerprint density at radius 1 is 0.913 bits per heavy atom. The van der Waals surface area contributed by atoms with Crippen molar-refractivity contribution < 1.29 is 4.52 Å². The van der Waals surface area contributed by atoms with Crippen LogP contribution in [0.4, 0.5) is 5.88 Å². The van der Waals surface area contributed by atoms with E-state index in [-0.39, 0.29) is 0 Å². The summed E-state index contributed by atoms with van der Waals surface area (Å²) in [5.74, 6) is 0.293. The van der Waals surface area contributed by atoms with Gasteiger partial charge in [0, 0.05) is 11.1 Å². The van der Waals surface area contributed by atoms with Crippen molar-refractivity contribution in [1.82, 2.24) is 10.1 Å². The van der Waals surface area contributed by atoms with Gasteiger partial charge < -0.3 is 10.3 Å². The summed E-state index contributed by atoms with van der Waals surface area (Å²) in [5.41, 5.74) is 11.6. The Hall–Kier alpha value is -3.14. The van der Waals surface area contributed by atoms with Crippen LogP contribution in [0.1, 0.15) is 5.56 Å². The van der Waals surface area contributed by atoms with Crippen LogP contribution in [-0.2, 0) is 0 Å². The standard InChI is InChI=1S/C19H15N3O/c1-12-7-9-14(10-8-12)16-11-15(13-5-3-2-4-6-13)17-18(20)23-22-19(17)21-16/h2-11H,20H2,1H3. The minimum Gasteiger partial charge on any atom is -0.367 e. The van der Waals surface area contributed by atoms with Crippen LogP contribution < -0.4 is 5.73 Å². The molecule has 2 heterocycles. The molecule has 0 radical (unpaired) electrons. The van der Waals surface area contributed by atoms with Crippen LogP contribution in [0.2, 0.25) is 0 Å². The highest BCUT2D eigenvalue weighted by Gasteiger charge is 2.15. The number of nitrogens with zero attached hydrogens (tertiary/aromatic N) is 2. The molecule has 0 saturated heterocycles. The fourth-order valence-electron chi connectivity index (χ4n) is 2.70. The first-order valence-corrected chi connectivity index (χ1v) is 7.41. The predicted octanol–water partition coefficient (Wildman–Crippen LogP) is 4.45. The van der Waals surface area contributed by atoms with Gasteiger partial charge in [0.1, 0.15) is 0 Å². The minimum atomic E-state index is 0.293. The highest BCUT2D eigenvalue weighted by atomic mass is 16.5. The average Bonchev–Trinajstić information content (AvgIpc) is 2.97. The number of rotatable bonds is 2. The van der Waals surface area contributed by atoms with Gasteiger partial charge in [0.25, 0.3) is 0 Å². The zero-order valence-corrected chi connectivity index (χ0v) is 12.7. The molecule has 0 unspecified atom stereocenters. The molecule has 0 aliphatic carbocycles. The zero-order chi connectivity index (χ0) is 15.8. The van der Waals surface area contributed by atoms with Gasteiger partial charge in [-0.1, -0.05) is 65.3 Å². The molecule has 0 fully saturated rings. The van der Waals surface area contributed by atoms with Gasteiger partial charge in [0.2, 0.25) is 11.5 Å². The predicted molar refractivity (Wildman–Crippen MR) is 91.8 cm³/mol. The Balaban J connectivity index is 2.00. The van der Waals surface area contributed by atoms with Gasteiger partial charge in [0.05, 0.1) is 11.1 Å². The number of hydrogen-bond acceptors (Lipinski definition) is 4. The van der Waals surface area contributed by atoms with Gasteiger partial charge in [-0.15, -0.1) is 0 Å². The molecule has 0 aliphatic heterocycles. The molecule has 4 nitrogen and oxygen atoms in total. The topological polar surface area (TPSA) is 64.9 Å². The number of aryl methyl sites for hydroxylation is 1. The summed E-state index contributed by atoms with van der Waals surface area (Å²) >= 11 is 0. The van der Waals surface area contributed by atoms with Crippen LogP contribution >= 0.6 is 0 Å². The molecule has 0 spiro atoms. The molecular weight excluding hydrogens is 286 g/mol. The highest BCUT2D eigenvalue weighted by molar-refractivity contribution is 6.00. The summed E-state index contributed by atoms with van der Waals surface area (Å²) < 4.78 is 5.15. The van der Waals surface area contributed by atoms with Crippen LogP contribution in [0, 0.1) is 6.92 Å². The maximum absolute atomic E-state index is 5.95. The number of fused-ring (bicyclic) bond motifs is 1. The van der Waals surface area contributed by atoms with E-state index in [9.17, 15) is 0 Å². The lowest BCUT2D eigenvalue weighted by atomic mass is 10.00. The van der Waals surface area contributed by atoms with E-state index in [4.69, 9.17) is 10.3 Å². The first-order valence-electron chi connectivity index (χ1n) is 7.41. The largest absolute Gasteiger partial charge is 0.367 e. The molecule has 0 amide bonds. The number of nitrogen functional groups attached to an aromatic ring is 1. The molecule has 2 aromatic heterocycles. The molecule has 0 saturated carbocycles. The number of nitrogens with two attached hydrogens (primary N) is 1. The molecule has 23 heavy (non-hydrogen) atoms. The second-order valence-electron chi connectivity index (χ2n) is 5.53. The summed E-state index contributed by atoms with van der Waals surface area (Å²) in [6.07, 6.45) is 0. The third kappa shape index (κ3) is 2.34. The van der Waals surface area contributed by atoms with Gasteiger partial charge >= 0.3 is 0 Å². The molecule has 112 valence electrons. The van der Waals surface area contributed by atoms with Crippen molar-refractivity contribution in [2.45, 2.75) is 6.92 Å². The first kappa shape index (κ1) is 13.5. The third-order valence-electron chi connectivity index (χ3n) is 3.91. The van der Waals surface area contributed by atoms with Crippen molar-refractivity contribution >= 4 is 16.9 Å². The van der Waals surface area contributed by atoms with Crippen LogP contribution in [0.3, 0.4) is 0 Å². The van der Waals surface area contributed by atoms with Crippen LogP contribution in [-0.4, -0.2) is 10.1 Å². The molecule has 2 aromatic carbocycles. The fraction of sp³-hybridized carbons (Fsp3) is 0.0526. The Morgan fingerprint density at radius 3 is 2.39 bits per heavy atom. The van der Waals surface area contributed by atoms with Crippen molar-refractivity contribution in [1.29, 1.82) is 0 Å². The monoisotopic (exact) mass is 301 g/mol. The molecule has 4 heteroatoms. The Kier molecular flexibility index (Phi) is 3.08. The number of aromatic nitrogens is 2. The van der Waals surface area contributed by atoms with Crippen molar-refractivity contribution in [2.24, 2.45) is 0 Å². The van der Waals surface area contributed by atoms with E-state index >= 15 is 0 Å². The van der Waals surface area contributed by atoms with Gasteiger partial charge in [-0.25, -0.2) is 4.98 Å².